The van der Waals surface area contributed by atoms with Crippen LogP contribution in [0.25, 0.3) is 0 Å². The van der Waals surface area contributed by atoms with Crippen molar-refractivity contribution < 1.29 is 0 Å². The van der Waals surface area contributed by atoms with Crippen molar-refractivity contribution in [2.45, 2.75) is 33.4 Å². The fourth-order valence-corrected chi connectivity index (χ4v) is 3.18. The first-order valence-electron chi connectivity index (χ1n) is 6.64. The van der Waals surface area contributed by atoms with Gasteiger partial charge in [0.2, 0.25) is 0 Å². The van der Waals surface area contributed by atoms with Crippen LogP contribution >= 0.6 is 15.9 Å². The zero-order chi connectivity index (χ0) is 13.2. The van der Waals surface area contributed by atoms with Crippen LogP contribution in [0.3, 0.4) is 0 Å². The van der Waals surface area contributed by atoms with Crippen LogP contribution in [0, 0.1) is 5.41 Å². The van der Waals surface area contributed by atoms with E-state index < -0.39 is 0 Å². The smallest absolute Gasteiger partial charge is 0.0245 e. The van der Waals surface area contributed by atoms with Gasteiger partial charge in [-0.2, -0.15) is 0 Å². The fourth-order valence-electron chi connectivity index (χ4n) is 2.63. The van der Waals surface area contributed by atoms with Gasteiger partial charge < -0.3 is 5.32 Å². The lowest BCUT2D eigenvalue weighted by molar-refractivity contribution is 0.284. The van der Waals surface area contributed by atoms with Crippen molar-refractivity contribution in [1.29, 1.82) is 0 Å². The number of nitrogens with zero attached hydrogens (tertiary/aromatic N) is 1. The van der Waals surface area contributed by atoms with Crippen LogP contribution in [0.2, 0.25) is 0 Å². The molecule has 2 nitrogen and oxygen atoms in total. The Labute approximate surface area is 119 Å². The van der Waals surface area contributed by atoms with E-state index in [0.29, 0.717) is 5.41 Å². The second-order valence-corrected chi connectivity index (χ2v) is 6.94. The van der Waals surface area contributed by atoms with Gasteiger partial charge in [0.25, 0.3) is 0 Å². The van der Waals surface area contributed by atoms with Gasteiger partial charge in [-0.05, 0) is 42.6 Å². The predicted octanol–water partition coefficient (Wildman–Crippen LogP) is 3.40. The van der Waals surface area contributed by atoms with Crippen LogP contribution in [0.5, 0.6) is 0 Å². The van der Waals surface area contributed by atoms with E-state index in [2.05, 4.69) is 58.2 Å². The summed E-state index contributed by atoms with van der Waals surface area (Å²) >= 11 is 3.70. The lowest BCUT2D eigenvalue weighted by atomic mass is 9.93. The minimum absolute atomic E-state index is 0.485. The second kappa shape index (κ2) is 5.72. The van der Waals surface area contributed by atoms with Crippen LogP contribution in [0.1, 0.15) is 31.4 Å². The van der Waals surface area contributed by atoms with Crippen molar-refractivity contribution in [3.05, 3.63) is 33.8 Å². The molecule has 1 aliphatic heterocycles. The SMILES string of the molecule is CNCc1ccc(CN2CCC(C)(C)C2)c(Br)c1. The van der Waals surface area contributed by atoms with Gasteiger partial charge in [0.05, 0.1) is 0 Å². The number of halogens is 1. The van der Waals surface area contributed by atoms with Gasteiger partial charge in [-0.25, -0.2) is 0 Å². The van der Waals surface area contributed by atoms with Crippen LogP contribution in [-0.2, 0) is 13.1 Å². The molecular weight excluding hydrogens is 288 g/mol. The quantitative estimate of drug-likeness (QED) is 0.917. The first-order valence-corrected chi connectivity index (χ1v) is 7.44. The molecule has 0 bridgehead atoms. The Morgan fingerprint density at radius 2 is 2.17 bits per heavy atom. The molecule has 0 unspecified atom stereocenters. The standard InChI is InChI=1S/C15H23BrN2/c1-15(2)6-7-18(11-15)10-13-5-4-12(9-17-3)8-14(13)16/h4-5,8,17H,6-7,9-11H2,1-3H3. The van der Waals surface area contributed by atoms with Crippen LogP contribution < -0.4 is 5.32 Å². The zero-order valence-corrected chi connectivity index (χ0v) is 13.2. The van der Waals surface area contributed by atoms with E-state index >= 15 is 0 Å². The largest absolute Gasteiger partial charge is 0.316 e. The number of nitrogens with one attached hydrogen (secondary N) is 1. The molecule has 0 saturated carbocycles. The van der Waals surface area contributed by atoms with E-state index in [1.807, 2.05) is 7.05 Å². The van der Waals surface area contributed by atoms with Gasteiger partial charge in [0.15, 0.2) is 0 Å². The molecule has 2 rings (SSSR count). The molecule has 1 saturated heterocycles. The molecule has 3 heteroatoms. The molecule has 1 aromatic carbocycles. The topological polar surface area (TPSA) is 15.3 Å². The lowest BCUT2D eigenvalue weighted by Crippen LogP contribution is -2.23. The molecule has 1 N–H and O–H groups in total. The van der Waals surface area contributed by atoms with Crippen LogP contribution in [0.4, 0.5) is 0 Å². The third kappa shape index (κ3) is 3.56. The maximum absolute atomic E-state index is 3.70. The highest BCUT2D eigenvalue weighted by Crippen LogP contribution is 2.31. The number of likely N-dealkylation sites (tertiary alicyclic amines) is 1. The van der Waals surface area contributed by atoms with E-state index in [4.69, 9.17) is 0 Å². The Bertz CT molecular complexity index is 415. The summed E-state index contributed by atoms with van der Waals surface area (Å²) in [6, 6.07) is 6.70. The van der Waals surface area contributed by atoms with Crippen molar-refractivity contribution in [3.63, 3.8) is 0 Å². The molecule has 0 atom stereocenters. The average Bonchev–Trinajstić information content (AvgIpc) is 2.63. The maximum Gasteiger partial charge on any atom is 0.0245 e. The van der Waals surface area contributed by atoms with E-state index in [9.17, 15) is 0 Å². The summed E-state index contributed by atoms with van der Waals surface area (Å²) in [6.45, 7) is 9.13. The van der Waals surface area contributed by atoms with E-state index in [0.717, 1.165) is 13.1 Å². The molecular formula is C15H23BrN2. The third-order valence-electron chi connectivity index (χ3n) is 3.65. The molecule has 1 heterocycles. The summed E-state index contributed by atoms with van der Waals surface area (Å²) in [5, 5.41) is 3.18. The van der Waals surface area contributed by atoms with E-state index in [1.165, 1.54) is 35.1 Å². The molecule has 0 radical (unpaired) electrons. The van der Waals surface area contributed by atoms with E-state index in [-0.39, 0.29) is 0 Å². The molecule has 1 aliphatic rings. The lowest BCUT2D eigenvalue weighted by Gasteiger charge is -2.20. The maximum atomic E-state index is 3.70. The molecule has 1 fully saturated rings. The first kappa shape index (κ1) is 14.0. The summed E-state index contributed by atoms with van der Waals surface area (Å²) in [5.74, 6) is 0. The molecule has 0 aliphatic carbocycles. The van der Waals surface area contributed by atoms with Crippen molar-refractivity contribution >= 4 is 15.9 Å². The highest BCUT2D eigenvalue weighted by atomic mass is 79.9. The molecule has 100 valence electrons. The third-order valence-corrected chi connectivity index (χ3v) is 4.39. The molecule has 0 amide bonds. The first-order chi connectivity index (χ1) is 8.50. The average molecular weight is 311 g/mol. The summed E-state index contributed by atoms with van der Waals surface area (Å²) in [6.07, 6.45) is 1.31. The van der Waals surface area contributed by atoms with Gasteiger partial charge in [-0.3, -0.25) is 4.90 Å². The van der Waals surface area contributed by atoms with Crippen LogP contribution in [0.15, 0.2) is 22.7 Å². The van der Waals surface area contributed by atoms with Gasteiger partial charge in [-0.15, -0.1) is 0 Å². The Kier molecular flexibility index (Phi) is 4.46. The summed E-state index contributed by atoms with van der Waals surface area (Å²) in [5.41, 5.74) is 3.21. The molecule has 0 aromatic heterocycles. The Morgan fingerprint density at radius 3 is 2.72 bits per heavy atom. The number of hydrogen-bond acceptors (Lipinski definition) is 2. The summed E-state index contributed by atoms with van der Waals surface area (Å²) in [4.78, 5) is 2.55. The minimum atomic E-state index is 0.485. The fraction of sp³-hybridized carbons (Fsp3) is 0.600. The van der Waals surface area contributed by atoms with Crippen molar-refractivity contribution in [2.75, 3.05) is 20.1 Å². The Hall–Kier alpha value is -0.380. The highest BCUT2D eigenvalue weighted by Gasteiger charge is 2.29. The molecule has 18 heavy (non-hydrogen) atoms. The van der Waals surface area contributed by atoms with Crippen molar-refractivity contribution in [1.82, 2.24) is 10.2 Å². The minimum Gasteiger partial charge on any atom is -0.316 e. The Morgan fingerprint density at radius 1 is 1.39 bits per heavy atom. The number of benzene rings is 1. The summed E-state index contributed by atoms with van der Waals surface area (Å²) < 4.78 is 1.24. The number of rotatable bonds is 4. The summed E-state index contributed by atoms with van der Waals surface area (Å²) in [7, 11) is 1.98. The highest BCUT2D eigenvalue weighted by molar-refractivity contribution is 9.10. The van der Waals surface area contributed by atoms with Gasteiger partial charge in [-0.1, -0.05) is 41.9 Å². The second-order valence-electron chi connectivity index (χ2n) is 6.08. The van der Waals surface area contributed by atoms with Crippen molar-refractivity contribution in [3.8, 4) is 0 Å². The van der Waals surface area contributed by atoms with Crippen molar-refractivity contribution in [2.24, 2.45) is 5.41 Å². The zero-order valence-electron chi connectivity index (χ0n) is 11.6. The van der Waals surface area contributed by atoms with Gasteiger partial charge in [0, 0.05) is 24.1 Å². The normalized spacial score (nSPS) is 19.3. The Balaban J connectivity index is 2.02. The number of hydrogen-bond donors (Lipinski definition) is 1. The van der Waals surface area contributed by atoms with Crippen LogP contribution in [-0.4, -0.2) is 25.0 Å². The monoisotopic (exact) mass is 310 g/mol. The molecule has 0 spiro atoms. The predicted molar refractivity (Wildman–Crippen MR) is 80.6 cm³/mol. The molecule has 1 aromatic rings. The van der Waals surface area contributed by atoms with Gasteiger partial charge >= 0.3 is 0 Å². The van der Waals surface area contributed by atoms with E-state index in [1.54, 1.807) is 0 Å². The van der Waals surface area contributed by atoms with Gasteiger partial charge in [0.1, 0.15) is 0 Å².